The maximum Gasteiger partial charge on any atom is 0.163 e. The molecule has 16 heavy (non-hydrogen) atoms. The fourth-order valence-corrected chi connectivity index (χ4v) is 1.79. The van der Waals surface area contributed by atoms with Crippen LogP contribution in [0.25, 0.3) is 0 Å². The average Bonchev–Trinajstić information content (AvgIpc) is 2.29. The molecule has 0 aliphatic carbocycles. The molecule has 2 rings (SSSR count). The summed E-state index contributed by atoms with van der Waals surface area (Å²) >= 11 is 5.90. The smallest absolute Gasteiger partial charge is 0.163 e. The van der Waals surface area contributed by atoms with Gasteiger partial charge in [0.25, 0.3) is 0 Å². The Bertz CT molecular complexity index is 357. The summed E-state index contributed by atoms with van der Waals surface area (Å²) in [6.07, 6.45) is 1.19. The van der Waals surface area contributed by atoms with E-state index in [-0.39, 0.29) is 6.10 Å². The number of hydrogen-bond donors (Lipinski definition) is 1. The fourth-order valence-electron chi connectivity index (χ4n) is 1.63. The summed E-state index contributed by atoms with van der Waals surface area (Å²) in [5, 5.41) is 3.98. The molecular formula is C12H16ClNO2. The van der Waals surface area contributed by atoms with Gasteiger partial charge in [0.05, 0.1) is 0 Å². The van der Waals surface area contributed by atoms with Gasteiger partial charge < -0.3 is 14.8 Å². The lowest BCUT2D eigenvalue weighted by Crippen LogP contribution is -2.38. The third-order valence-corrected chi connectivity index (χ3v) is 2.66. The van der Waals surface area contributed by atoms with Gasteiger partial charge in [-0.05, 0) is 25.1 Å². The van der Waals surface area contributed by atoms with E-state index in [9.17, 15) is 0 Å². The molecule has 1 aromatic carbocycles. The Morgan fingerprint density at radius 2 is 2.31 bits per heavy atom. The monoisotopic (exact) mass is 241 g/mol. The van der Waals surface area contributed by atoms with E-state index in [1.165, 1.54) is 0 Å². The van der Waals surface area contributed by atoms with Crippen LogP contribution in [-0.4, -0.2) is 25.8 Å². The topological polar surface area (TPSA) is 30.5 Å². The number of benzene rings is 1. The zero-order valence-corrected chi connectivity index (χ0v) is 10.1. The average molecular weight is 242 g/mol. The van der Waals surface area contributed by atoms with Gasteiger partial charge >= 0.3 is 0 Å². The van der Waals surface area contributed by atoms with Crippen LogP contribution in [0.3, 0.4) is 0 Å². The van der Waals surface area contributed by atoms with Gasteiger partial charge in [-0.3, -0.25) is 0 Å². The van der Waals surface area contributed by atoms with Crippen molar-refractivity contribution in [1.29, 1.82) is 0 Å². The van der Waals surface area contributed by atoms with Crippen molar-refractivity contribution in [1.82, 2.24) is 5.32 Å². The number of nitrogens with one attached hydrogen (secondary N) is 1. The van der Waals surface area contributed by atoms with Crippen molar-refractivity contribution in [2.45, 2.75) is 19.4 Å². The van der Waals surface area contributed by atoms with Crippen LogP contribution in [0.5, 0.6) is 11.5 Å². The number of halogens is 1. The van der Waals surface area contributed by atoms with Crippen LogP contribution in [0.1, 0.15) is 13.3 Å². The summed E-state index contributed by atoms with van der Waals surface area (Å²) in [4.78, 5) is 0. The van der Waals surface area contributed by atoms with Crippen LogP contribution in [0.2, 0.25) is 5.02 Å². The first kappa shape index (κ1) is 11.6. The molecule has 1 N–H and O–H groups in total. The molecule has 0 aromatic heterocycles. The van der Waals surface area contributed by atoms with Crippen molar-refractivity contribution in [3.63, 3.8) is 0 Å². The predicted octanol–water partition coefficient (Wildman–Crippen LogP) is 2.48. The number of fused-ring (bicyclic) bond motifs is 1. The Balaban J connectivity index is 1.94. The van der Waals surface area contributed by atoms with Crippen molar-refractivity contribution in [2.75, 3.05) is 19.7 Å². The minimum atomic E-state index is 0.0671. The van der Waals surface area contributed by atoms with E-state index in [0.29, 0.717) is 11.6 Å². The largest absolute Gasteiger partial charge is 0.486 e. The summed E-state index contributed by atoms with van der Waals surface area (Å²) in [5.41, 5.74) is 0. The predicted molar refractivity (Wildman–Crippen MR) is 64.5 cm³/mol. The van der Waals surface area contributed by atoms with Gasteiger partial charge in [0.2, 0.25) is 0 Å². The van der Waals surface area contributed by atoms with Crippen LogP contribution in [-0.2, 0) is 0 Å². The first-order chi connectivity index (χ1) is 7.79. The van der Waals surface area contributed by atoms with E-state index in [1.807, 2.05) is 6.07 Å². The minimum absolute atomic E-state index is 0.0671. The molecule has 0 amide bonds. The standard InChI is InChI=1S/C12H16ClNO2/c1-2-5-14-7-10-8-15-11-4-3-9(13)6-12(11)16-10/h3-4,6,10,14H,2,5,7-8H2,1H3. The highest BCUT2D eigenvalue weighted by Gasteiger charge is 2.20. The molecule has 0 spiro atoms. The van der Waals surface area contributed by atoms with E-state index in [4.69, 9.17) is 21.1 Å². The highest BCUT2D eigenvalue weighted by molar-refractivity contribution is 6.30. The second-order valence-corrected chi connectivity index (χ2v) is 4.28. The summed E-state index contributed by atoms with van der Waals surface area (Å²) in [6, 6.07) is 5.44. The molecule has 4 heteroatoms. The summed E-state index contributed by atoms with van der Waals surface area (Å²) in [6.45, 7) is 4.54. The molecular weight excluding hydrogens is 226 g/mol. The zero-order chi connectivity index (χ0) is 11.4. The number of rotatable bonds is 4. The van der Waals surface area contributed by atoms with Crippen molar-refractivity contribution in [3.8, 4) is 11.5 Å². The maximum absolute atomic E-state index is 5.90. The van der Waals surface area contributed by atoms with Gasteiger partial charge in [-0.1, -0.05) is 18.5 Å². The van der Waals surface area contributed by atoms with Crippen molar-refractivity contribution in [2.24, 2.45) is 0 Å². The maximum atomic E-state index is 5.90. The van der Waals surface area contributed by atoms with Gasteiger partial charge in [0.15, 0.2) is 11.5 Å². The van der Waals surface area contributed by atoms with Gasteiger partial charge in [-0.15, -0.1) is 0 Å². The highest BCUT2D eigenvalue weighted by atomic mass is 35.5. The molecule has 0 fully saturated rings. The number of hydrogen-bond acceptors (Lipinski definition) is 3. The Morgan fingerprint density at radius 3 is 3.12 bits per heavy atom. The molecule has 0 saturated carbocycles. The van der Waals surface area contributed by atoms with Crippen molar-refractivity contribution >= 4 is 11.6 Å². The third-order valence-electron chi connectivity index (χ3n) is 2.42. The SMILES string of the molecule is CCCNCC1COc2ccc(Cl)cc2O1. The van der Waals surface area contributed by atoms with E-state index >= 15 is 0 Å². The lowest BCUT2D eigenvalue weighted by atomic mass is 10.2. The second kappa shape index (κ2) is 5.41. The van der Waals surface area contributed by atoms with Crippen molar-refractivity contribution < 1.29 is 9.47 Å². The second-order valence-electron chi connectivity index (χ2n) is 3.85. The van der Waals surface area contributed by atoms with Crippen molar-refractivity contribution in [3.05, 3.63) is 23.2 Å². The van der Waals surface area contributed by atoms with Gasteiger partial charge in [0, 0.05) is 17.6 Å². The fraction of sp³-hybridized carbons (Fsp3) is 0.500. The molecule has 3 nitrogen and oxygen atoms in total. The van der Waals surface area contributed by atoms with Gasteiger partial charge in [-0.2, -0.15) is 0 Å². The Hall–Kier alpha value is -0.930. The molecule has 1 aliphatic heterocycles. The quantitative estimate of drug-likeness (QED) is 0.822. The van der Waals surface area contributed by atoms with E-state index in [0.717, 1.165) is 31.0 Å². The summed E-state index contributed by atoms with van der Waals surface area (Å²) < 4.78 is 11.4. The van der Waals surface area contributed by atoms with Crippen LogP contribution in [0.4, 0.5) is 0 Å². The summed E-state index contributed by atoms with van der Waals surface area (Å²) in [5.74, 6) is 1.51. The lowest BCUT2D eigenvalue weighted by molar-refractivity contribution is 0.0906. The van der Waals surface area contributed by atoms with Gasteiger partial charge in [-0.25, -0.2) is 0 Å². The van der Waals surface area contributed by atoms with Crippen LogP contribution in [0, 0.1) is 0 Å². The zero-order valence-electron chi connectivity index (χ0n) is 9.33. The summed E-state index contributed by atoms with van der Waals surface area (Å²) in [7, 11) is 0. The number of ether oxygens (including phenoxy) is 2. The van der Waals surface area contributed by atoms with E-state index in [2.05, 4.69) is 12.2 Å². The molecule has 1 aliphatic rings. The Morgan fingerprint density at radius 1 is 1.44 bits per heavy atom. The van der Waals surface area contributed by atoms with Crippen LogP contribution < -0.4 is 14.8 Å². The molecule has 1 aromatic rings. The first-order valence-electron chi connectivity index (χ1n) is 5.59. The first-order valence-corrected chi connectivity index (χ1v) is 5.97. The van der Waals surface area contributed by atoms with Gasteiger partial charge in [0.1, 0.15) is 12.7 Å². The third kappa shape index (κ3) is 2.80. The molecule has 88 valence electrons. The minimum Gasteiger partial charge on any atom is -0.486 e. The Labute approximate surface area is 101 Å². The molecule has 1 heterocycles. The molecule has 0 saturated heterocycles. The van der Waals surface area contributed by atoms with Crippen LogP contribution in [0.15, 0.2) is 18.2 Å². The molecule has 1 atom stereocenters. The molecule has 0 radical (unpaired) electrons. The van der Waals surface area contributed by atoms with E-state index < -0.39 is 0 Å². The lowest BCUT2D eigenvalue weighted by Gasteiger charge is -2.26. The normalized spacial score (nSPS) is 18.5. The molecule has 0 bridgehead atoms. The van der Waals surface area contributed by atoms with E-state index in [1.54, 1.807) is 12.1 Å². The highest BCUT2D eigenvalue weighted by Crippen LogP contribution is 2.33. The molecule has 1 unspecified atom stereocenters. The Kier molecular flexibility index (Phi) is 3.91. The van der Waals surface area contributed by atoms with Crippen LogP contribution >= 0.6 is 11.6 Å².